The van der Waals surface area contributed by atoms with Crippen molar-refractivity contribution in [2.45, 2.75) is 24.7 Å². The lowest BCUT2D eigenvalue weighted by Crippen LogP contribution is -2.25. The molecule has 0 bridgehead atoms. The van der Waals surface area contributed by atoms with Crippen LogP contribution >= 0.6 is 0 Å². The summed E-state index contributed by atoms with van der Waals surface area (Å²) in [6.07, 6.45) is 2.43. The zero-order valence-electron chi connectivity index (χ0n) is 11.5. The van der Waals surface area contributed by atoms with Gasteiger partial charge in [0.25, 0.3) is 0 Å². The van der Waals surface area contributed by atoms with E-state index in [4.69, 9.17) is 0 Å². The summed E-state index contributed by atoms with van der Waals surface area (Å²) in [7, 11) is 2.05. The summed E-state index contributed by atoms with van der Waals surface area (Å²) in [5.74, 6) is 1.30. The highest BCUT2D eigenvalue weighted by Gasteiger charge is 2.26. The number of hydrogen-bond donors (Lipinski definition) is 1. The van der Waals surface area contributed by atoms with Gasteiger partial charge in [-0.2, -0.15) is 0 Å². The van der Waals surface area contributed by atoms with E-state index in [1.165, 1.54) is 24.0 Å². The van der Waals surface area contributed by atoms with E-state index in [1.54, 1.807) is 5.56 Å². The Morgan fingerprint density at radius 1 is 1.00 bits per heavy atom. The minimum absolute atomic E-state index is 0.639. The van der Waals surface area contributed by atoms with Gasteiger partial charge in [-0.25, -0.2) is 0 Å². The van der Waals surface area contributed by atoms with Crippen LogP contribution in [0.2, 0.25) is 0 Å². The lowest BCUT2D eigenvalue weighted by atomic mass is 9.74. The zero-order chi connectivity index (χ0) is 13.1. The Balaban J connectivity index is 1.92. The van der Waals surface area contributed by atoms with Crippen LogP contribution in [-0.4, -0.2) is 13.6 Å². The largest absolute Gasteiger partial charge is 0.319 e. The molecule has 0 spiro atoms. The molecule has 1 aliphatic carbocycles. The molecule has 0 heterocycles. The van der Waals surface area contributed by atoms with Gasteiger partial charge in [0.1, 0.15) is 0 Å². The van der Waals surface area contributed by atoms with Gasteiger partial charge in [-0.15, -0.1) is 0 Å². The average molecular weight is 251 g/mol. The first-order valence-corrected chi connectivity index (χ1v) is 7.16. The van der Waals surface area contributed by atoms with Crippen molar-refractivity contribution in [2.24, 2.45) is 0 Å². The first kappa shape index (κ1) is 12.4. The van der Waals surface area contributed by atoms with Crippen LogP contribution in [0, 0.1) is 0 Å². The SMILES string of the molecule is CNCC1CC(c2ccccc2)Cc2ccccc21. The minimum atomic E-state index is 0.639. The Hall–Kier alpha value is -1.60. The third kappa shape index (κ3) is 2.57. The third-order valence-corrected chi connectivity index (χ3v) is 4.25. The topological polar surface area (TPSA) is 12.0 Å². The predicted octanol–water partition coefficient (Wildman–Crippen LogP) is 3.72. The molecule has 2 unspecified atom stereocenters. The normalized spacial score (nSPS) is 21.9. The molecule has 3 rings (SSSR count). The lowest BCUT2D eigenvalue weighted by Gasteiger charge is -2.32. The van der Waals surface area contributed by atoms with Crippen molar-refractivity contribution < 1.29 is 0 Å². The highest BCUT2D eigenvalue weighted by Crippen LogP contribution is 2.39. The highest BCUT2D eigenvalue weighted by molar-refractivity contribution is 5.37. The second kappa shape index (κ2) is 5.58. The second-order valence-electron chi connectivity index (χ2n) is 5.50. The molecule has 0 aliphatic heterocycles. The van der Waals surface area contributed by atoms with E-state index in [0.29, 0.717) is 11.8 Å². The molecule has 19 heavy (non-hydrogen) atoms. The number of likely N-dealkylation sites (N-methyl/N-ethyl adjacent to an activating group) is 1. The summed E-state index contributed by atoms with van der Waals surface area (Å²) >= 11 is 0. The third-order valence-electron chi connectivity index (χ3n) is 4.25. The fourth-order valence-electron chi connectivity index (χ4n) is 3.36. The molecule has 2 atom stereocenters. The molecule has 1 heteroatoms. The quantitative estimate of drug-likeness (QED) is 0.876. The molecule has 0 radical (unpaired) electrons. The molecule has 0 fully saturated rings. The molecular weight excluding hydrogens is 230 g/mol. The van der Waals surface area contributed by atoms with E-state index in [0.717, 1.165) is 6.54 Å². The van der Waals surface area contributed by atoms with Crippen molar-refractivity contribution in [2.75, 3.05) is 13.6 Å². The van der Waals surface area contributed by atoms with Crippen LogP contribution in [-0.2, 0) is 6.42 Å². The summed E-state index contributed by atoms with van der Waals surface area (Å²) in [6, 6.07) is 19.9. The van der Waals surface area contributed by atoms with E-state index in [9.17, 15) is 0 Å². The van der Waals surface area contributed by atoms with Gasteiger partial charge >= 0.3 is 0 Å². The first-order chi connectivity index (χ1) is 9.38. The van der Waals surface area contributed by atoms with Gasteiger partial charge < -0.3 is 5.32 Å². The van der Waals surface area contributed by atoms with E-state index in [2.05, 4.69) is 67.0 Å². The number of hydrogen-bond acceptors (Lipinski definition) is 1. The molecule has 1 nitrogen and oxygen atoms in total. The standard InChI is InChI=1S/C18H21N/c1-19-13-17-12-16(14-7-3-2-4-8-14)11-15-9-5-6-10-18(15)17/h2-10,16-17,19H,11-13H2,1H3. The Kier molecular flexibility index (Phi) is 3.65. The van der Waals surface area contributed by atoms with Crippen molar-refractivity contribution in [3.05, 3.63) is 71.3 Å². The van der Waals surface area contributed by atoms with Gasteiger partial charge in [0, 0.05) is 6.54 Å². The zero-order valence-corrected chi connectivity index (χ0v) is 11.5. The number of fused-ring (bicyclic) bond motifs is 1. The van der Waals surface area contributed by atoms with Gasteiger partial charge in [0.2, 0.25) is 0 Å². The monoisotopic (exact) mass is 251 g/mol. The molecule has 1 N–H and O–H groups in total. The smallest absolute Gasteiger partial charge is 0.00174 e. The van der Waals surface area contributed by atoms with Crippen molar-refractivity contribution in [1.82, 2.24) is 5.32 Å². The van der Waals surface area contributed by atoms with Crippen molar-refractivity contribution in [3.8, 4) is 0 Å². The predicted molar refractivity (Wildman–Crippen MR) is 80.6 cm³/mol. The summed E-state index contributed by atoms with van der Waals surface area (Å²) < 4.78 is 0. The fraction of sp³-hybridized carbons (Fsp3) is 0.333. The maximum atomic E-state index is 3.35. The maximum Gasteiger partial charge on any atom is 0.00174 e. The fourth-order valence-corrected chi connectivity index (χ4v) is 3.36. The molecule has 98 valence electrons. The summed E-state index contributed by atoms with van der Waals surface area (Å²) in [4.78, 5) is 0. The van der Waals surface area contributed by atoms with Crippen LogP contribution in [0.4, 0.5) is 0 Å². The van der Waals surface area contributed by atoms with Gasteiger partial charge in [0.15, 0.2) is 0 Å². The van der Waals surface area contributed by atoms with E-state index >= 15 is 0 Å². The first-order valence-electron chi connectivity index (χ1n) is 7.16. The minimum Gasteiger partial charge on any atom is -0.319 e. The Morgan fingerprint density at radius 3 is 2.53 bits per heavy atom. The van der Waals surface area contributed by atoms with Crippen LogP contribution < -0.4 is 5.32 Å². The number of rotatable bonds is 3. The number of nitrogens with one attached hydrogen (secondary N) is 1. The van der Waals surface area contributed by atoms with Gasteiger partial charge in [-0.1, -0.05) is 54.6 Å². The summed E-state index contributed by atoms with van der Waals surface area (Å²) in [6.45, 7) is 1.07. The molecule has 2 aromatic rings. The Bertz CT molecular complexity index is 532. The number of benzene rings is 2. The second-order valence-corrected chi connectivity index (χ2v) is 5.50. The van der Waals surface area contributed by atoms with Gasteiger partial charge in [-0.3, -0.25) is 0 Å². The van der Waals surface area contributed by atoms with Crippen LogP contribution in [0.1, 0.15) is 34.9 Å². The summed E-state index contributed by atoms with van der Waals surface area (Å²) in [5.41, 5.74) is 4.56. The summed E-state index contributed by atoms with van der Waals surface area (Å²) in [5, 5.41) is 3.35. The van der Waals surface area contributed by atoms with Crippen molar-refractivity contribution in [3.63, 3.8) is 0 Å². The van der Waals surface area contributed by atoms with Crippen LogP contribution in [0.3, 0.4) is 0 Å². The van der Waals surface area contributed by atoms with E-state index < -0.39 is 0 Å². The highest BCUT2D eigenvalue weighted by atomic mass is 14.8. The van der Waals surface area contributed by atoms with Crippen LogP contribution in [0.5, 0.6) is 0 Å². The lowest BCUT2D eigenvalue weighted by molar-refractivity contribution is 0.477. The molecule has 0 aromatic heterocycles. The molecule has 0 saturated carbocycles. The van der Waals surface area contributed by atoms with Crippen molar-refractivity contribution >= 4 is 0 Å². The Labute approximate surface area is 115 Å². The molecule has 0 saturated heterocycles. The average Bonchev–Trinajstić information content (AvgIpc) is 2.48. The molecular formula is C18H21N. The molecule has 1 aliphatic rings. The van der Waals surface area contributed by atoms with E-state index in [1.807, 2.05) is 0 Å². The van der Waals surface area contributed by atoms with Gasteiger partial charge in [0.05, 0.1) is 0 Å². The molecule has 2 aromatic carbocycles. The Morgan fingerprint density at radius 2 is 1.74 bits per heavy atom. The van der Waals surface area contributed by atoms with Gasteiger partial charge in [-0.05, 0) is 48.4 Å². The van der Waals surface area contributed by atoms with Crippen LogP contribution in [0.15, 0.2) is 54.6 Å². The van der Waals surface area contributed by atoms with E-state index in [-0.39, 0.29) is 0 Å². The maximum absolute atomic E-state index is 3.35. The van der Waals surface area contributed by atoms with Crippen molar-refractivity contribution in [1.29, 1.82) is 0 Å². The van der Waals surface area contributed by atoms with Crippen LogP contribution in [0.25, 0.3) is 0 Å². The molecule has 0 amide bonds.